The van der Waals surface area contributed by atoms with Gasteiger partial charge in [0, 0.05) is 30.9 Å². The molecule has 23 nitrogen and oxygen atoms in total. The van der Waals surface area contributed by atoms with Crippen molar-refractivity contribution < 1.29 is 85.9 Å². The monoisotopic (exact) mass is 1050 g/mol. The van der Waals surface area contributed by atoms with Crippen molar-refractivity contribution in [2.75, 3.05) is 190 Å². The molecule has 0 radical (unpaired) electrons. The van der Waals surface area contributed by atoms with E-state index < -0.39 is 12.0 Å². The second-order valence-electron chi connectivity index (χ2n) is 15.9. The van der Waals surface area contributed by atoms with Gasteiger partial charge in [-0.3, -0.25) is 14.4 Å². The van der Waals surface area contributed by atoms with Crippen LogP contribution in [0.15, 0.2) is 24.3 Å². The van der Waals surface area contributed by atoms with E-state index in [1.165, 1.54) is 0 Å². The molecule has 0 saturated carbocycles. The number of hydrogen-bond acceptors (Lipinski definition) is 19. The third-order valence-corrected chi connectivity index (χ3v) is 11.2. The van der Waals surface area contributed by atoms with E-state index in [-0.39, 0.29) is 37.3 Å². The molecule has 4 amide bonds. The Kier molecular flexibility index (Phi) is 42.4. The summed E-state index contributed by atoms with van der Waals surface area (Å²) in [6.07, 6.45) is 2.95. The van der Waals surface area contributed by atoms with Gasteiger partial charge >= 0.3 is 12.0 Å². The number of urea groups is 1. The lowest BCUT2D eigenvalue weighted by Crippen LogP contribution is -2.32. The quantitative estimate of drug-likeness (QED) is 0.0389. The lowest BCUT2D eigenvalue weighted by Gasteiger charge is -2.10. The number of nitrogens with one attached hydrogen (secondary N) is 4. The molecule has 2 aliphatic heterocycles. The van der Waals surface area contributed by atoms with Crippen LogP contribution in [0.2, 0.25) is 0 Å². The molecule has 2 fully saturated rings. The van der Waals surface area contributed by atoms with Crippen LogP contribution in [-0.2, 0) is 77.6 Å². The van der Waals surface area contributed by atoms with Gasteiger partial charge in [0.2, 0.25) is 11.8 Å². The number of amides is 4. The molecule has 0 bridgehead atoms. The van der Waals surface area contributed by atoms with Crippen molar-refractivity contribution in [1.82, 2.24) is 21.3 Å². The molecule has 416 valence electrons. The number of nitrogens with two attached hydrogens (primary N) is 1. The number of unbranched alkanes of at least 4 members (excludes halogenated alkanes) is 1. The fourth-order valence-electron chi connectivity index (χ4n) is 6.10. The summed E-state index contributed by atoms with van der Waals surface area (Å²) in [5.74, 6) is 1.65. The second-order valence-corrected chi connectivity index (χ2v) is 17.0. The number of aliphatic carboxylic acids is 1. The Hall–Kier alpha value is -3.47. The minimum atomic E-state index is -1.04. The van der Waals surface area contributed by atoms with Crippen LogP contribution in [0, 0.1) is 0 Å². The molecule has 2 aliphatic rings. The Morgan fingerprint density at radius 2 is 0.903 bits per heavy atom. The minimum Gasteiger partial charge on any atom is -0.492 e. The predicted octanol–water partition coefficient (Wildman–Crippen LogP) is 0.815. The van der Waals surface area contributed by atoms with E-state index in [4.69, 9.17) is 72.4 Å². The van der Waals surface area contributed by atoms with Gasteiger partial charge in [-0.05, 0) is 30.5 Å². The van der Waals surface area contributed by atoms with Crippen LogP contribution in [0.25, 0.3) is 0 Å². The fraction of sp³-hybridized carbons (Fsp3) is 0.792. The number of benzene rings is 1. The molecule has 0 aliphatic carbocycles. The lowest BCUT2D eigenvalue weighted by atomic mass is 10.1. The number of fused-ring (bicyclic) bond motifs is 1. The molecule has 24 heteroatoms. The summed E-state index contributed by atoms with van der Waals surface area (Å²) in [6.45, 7) is 14.2. The minimum absolute atomic E-state index is 0.00491. The molecule has 7 N–H and O–H groups in total. The summed E-state index contributed by atoms with van der Waals surface area (Å²) in [6, 6.07) is 6.88. The molecule has 3 rings (SSSR count). The van der Waals surface area contributed by atoms with Crippen molar-refractivity contribution >= 4 is 35.6 Å². The van der Waals surface area contributed by atoms with Gasteiger partial charge in [0.1, 0.15) is 18.4 Å². The third-order valence-electron chi connectivity index (χ3n) is 9.99. The Bertz CT molecular complexity index is 1460. The third kappa shape index (κ3) is 39.1. The van der Waals surface area contributed by atoms with E-state index in [1.54, 1.807) is 24.3 Å². The number of carbonyl (C=O) groups excluding carboxylic acids is 3. The van der Waals surface area contributed by atoms with Gasteiger partial charge in [0.25, 0.3) is 0 Å². The maximum atomic E-state index is 12.0. The van der Waals surface area contributed by atoms with Gasteiger partial charge in [0.15, 0.2) is 0 Å². The molecule has 1 aromatic rings. The van der Waals surface area contributed by atoms with Crippen molar-refractivity contribution in [3.63, 3.8) is 0 Å². The molecule has 3 atom stereocenters. The van der Waals surface area contributed by atoms with Crippen molar-refractivity contribution in [2.45, 2.75) is 57.2 Å². The number of ether oxygens (including phenoxy) is 13. The van der Waals surface area contributed by atoms with Gasteiger partial charge < -0.3 is 93.7 Å². The first-order chi connectivity index (χ1) is 35.3. The zero-order valence-corrected chi connectivity index (χ0v) is 43.3. The lowest BCUT2D eigenvalue weighted by molar-refractivity contribution is -0.138. The topological polar surface area (TPSA) is 283 Å². The molecule has 2 heterocycles. The van der Waals surface area contributed by atoms with Gasteiger partial charge in [-0.15, -0.1) is 0 Å². The summed E-state index contributed by atoms with van der Waals surface area (Å²) in [5, 5.41) is 20.2. The number of carboxylic acids is 1. The highest BCUT2D eigenvalue weighted by atomic mass is 32.2. The van der Waals surface area contributed by atoms with Crippen LogP contribution >= 0.6 is 11.8 Å². The SMILES string of the molecule is CCCCC(=O)NCCOCCOCCOCCOCCOCCOCCOCCOCCOCCOCCOCCOCCC(=O)NCCOc1ccc(CC(N)C(=O)O)cc1.O=C1NC2CSCC2N1. The highest BCUT2D eigenvalue weighted by Gasteiger charge is 2.35. The zero-order valence-electron chi connectivity index (χ0n) is 42.5. The highest BCUT2D eigenvalue weighted by Crippen LogP contribution is 2.20. The highest BCUT2D eigenvalue weighted by molar-refractivity contribution is 7.99. The number of carbonyl (C=O) groups is 4. The van der Waals surface area contributed by atoms with Crippen LogP contribution in [-0.4, -0.2) is 237 Å². The van der Waals surface area contributed by atoms with Crippen LogP contribution in [0.5, 0.6) is 5.75 Å². The smallest absolute Gasteiger partial charge is 0.320 e. The van der Waals surface area contributed by atoms with Crippen molar-refractivity contribution in [3.05, 3.63) is 29.8 Å². The van der Waals surface area contributed by atoms with Gasteiger partial charge in [-0.2, -0.15) is 11.8 Å². The molecule has 0 spiro atoms. The number of rotatable bonds is 49. The summed E-state index contributed by atoms with van der Waals surface area (Å²) in [7, 11) is 0. The first kappa shape index (κ1) is 64.6. The van der Waals surface area contributed by atoms with Crippen LogP contribution < -0.4 is 31.7 Å². The largest absolute Gasteiger partial charge is 0.492 e. The molecular formula is C48H85N5O18S. The van der Waals surface area contributed by atoms with E-state index in [2.05, 4.69) is 28.2 Å². The van der Waals surface area contributed by atoms with E-state index in [9.17, 15) is 19.2 Å². The fourth-order valence-corrected chi connectivity index (χ4v) is 7.38. The van der Waals surface area contributed by atoms with Gasteiger partial charge in [0.05, 0.1) is 177 Å². The standard InChI is InChI=1S/C43H77N3O17.C5H8N2OS/c1-2-3-4-41(47)45-10-13-52-16-18-54-20-22-56-24-26-58-28-30-60-32-34-62-36-35-61-33-31-59-29-27-57-25-23-55-21-19-53-17-15-51-12-9-42(48)46-11-14-63-39-7-5-38(6-8-39)37-40(44)43(49)50;8-5-6-3-1-9-2-4(3)7-5/h5-8,40H,2-4,9-37,44H2,1H3,(H,45,47)(H,46,48)(H,49,50);3-4H,1-2H2,(H2,6,7,8). The van der Waals surface area contributed by atoms with Crippen molar-refractivity contribution in [2.24, 2.45) is 5.73 Å². The van der Waals surface area contributed by atoms with E-state index in [0.29, 0.717) is 196 Å². The summed E-state index contributed by atoms with van der Waals surface area (Å²) >= 11 is 1.89. The number of hydrogen-bond donors (Lipinski definition) is 6. The van der Waals surface area contributed by atoms with Crippen molar-refractivity contribution in [1.29, 1.82) is 0 Å². The molecule has 2 saturated heterocycles. The van der Waals surface area contributed by atoms with Crippen LogP contribution in [0.4, 0.5) is 4.79 Å². The molecule has 1 aromatic carbocycles. The number of carboxylic acid groups (broad SMARTS) is 1. The van der Waals surface area contributed by atoms with E-state index in [1.807, 2.05) is 11.8 Å². The van der Waals surface area contributed by atoms with E-state index in [0.717, 1.165) is 29.9 Å². The first-order valence-corrected chi connectivity index (χ1v) is 26.2. The molecule has 72 heavy (non-hydrogen) atoms. The average Bonchev–Trinajstić information content (AvgIpc) is 3.97. The summed E-state index contributed by atoms with van der Waals surface area (Å²) < 4.78 is 71.3. The van der Waals surface area contributed by atoms with Gasteiger partial charge in [-0.25, -0.2) is 4.79 Å². The molecular weight excluding hydrogens is 967 g/mol. The second kappa shape index (κ2) is 47.3. The Balaban J connectivity index is 0.00000174. The Morgan fingerprint density at radius 1 is 0.556 bits per heavy atom. The van der Waals surface area contributed by atoms with Crippen LogP contribution in [0.3, 0.4) is 0 Å². The molecule has 3 unspecified atom stereocenters. The average molecular weight is 1050 g/mol. The normalized spacial score (nSPS) is 15.3. The van der Waals surface area contributed by atoms with Crippen LogP contribution in [0.1, 0.15) is 38.2 Å². The van der Waals surface area contributed by atoms with E-state index >= 15 is 0 Å². The maximum Gasteiger partial charge on any atom is 0.320 e. The Morgan fingerprint density at radius 3 is 1.28 bits per heavy atom. The van der Waals surface area contributed by atoms with Crippen molar-refractivity contribution in [3.8, 4) is 5.75 Å². The first-order valence-electron chi connectivity index (χ1n) is 25.1. The predicted molar refractivity (Wildman–Crippen MR) is 268 cm³/mol. The number of thioether (sulfide) groups is 1. The maximum absolute atomic E-state index is 12.0. The zero-order chi connectivity index (χ0) is 51.8. The molecule has 0 aromatic heterocycles. The Labute approximate surface area is 429 Å². The summed E-state index contributed by atoms with van der Waals surface area (Å²) in [5.41, 5.74) is 6.35. The summed E-state index contributed by atoms with van der Waals surface area (Å²) in [4.78, 5) is 44.9. The van der Waals surface area contributed by atoms with Gasteiger partial charge in [-0.1, -0.05) is 25.5 Å².